The highest BCUT2D eigenvalue weighted by Crippen LogP contribution is 2.51. The molecule has 1 aliphatic heterocycles. The van der Waals surface area contributed by atoms with Crippen molar-refractivity contribution in [3.63, 3.8) is 0 Å². The van der Waals surface area contributed by atoms with Gasteiger partial charge in [-0.15, -0.1) is 0 Å². The SMILES string of the molecule is C[C@H](c1ccc(-c2ccnnc2)cc1Cl)[C@@](O)(c1ccc2c(c1)C[C@H](C)C(=O)O2)C(F)(F)F. The average molecular weight is 477 g/mol. The normalized spacial score (nSPS) is 18.8. The molecule has 0 unspecified atom stereocenters. The predicted octanol–water partition coefficient (Wildman–Crippen LogP) is 5.45. The quantitative estimate of drug-likeness (QED) is 0.400. The van der Waals surface area contributed by atoms with Gasteiger partial charge in [0.1, 0.15) is 5.75 Å². The van der Waals surface area contributed by atoms with Gasteiger partial charge in [0.15, 0.2) is 5.60 Å². The lowest BCUT2D eigenvalue weighted by Gasteiger charge is -2.37. The molecule has 172 valence electrons. The Morgan fingerprint density at radius 3 is 2.52 bits per heavy atom. The number of ether oxygens (including phenoxy) is 1. The number of fused-ring (bicyclic) bond motifs is 1. The lowest BCUT2D eigenvalue weighted by molar-refractivity contribution is -0.274. The molecular weight excluding hydrogens is 457 g/mol. The van der Waals surface area contributed by atoms with E-state index >= 15 is 0 Å². The Bertz CT molecular complexity index is 1200. The summed E-state index contributed by atoms with van der Waals surface area (Å²) in [4.78, 5) is 11.8. The highest BCUT2D eigenvalue weighted by Gasteiger charge is 2.59. The number of esters is 1. The molecule has 0 bridgehead atoms. The summed E-state index contributed by atoms with van der Waals surface area (Å²) in [7, 11) is 0. The summed E-state index contributed by atoms with van der Waals surface area (Å²) in [6.07, 6.45) is -1.77. The molecule has 9 heteroatoms. The third-order valence-electron chi connectivity index (χ3n) is 6.08. The average Bonchev–Trinajstić information content (AvgIpc) is 2.78. The van der Waals surface area contributed by atoms with Crippen LogP contribution < -0.4 is 4.74 Å². The zero-order chi connectivity index (χ0) is 24.0. The van der Waals surface area contributed by atoms with Crippen molar-refractivity contribution in [2.75, 3.05) is 0 Å². The van der Waals surface area contributed by atoms with Crippen LogP contribution in [0.1, 0.15) is 36.5 Å². The minimum Gasteiger partial charge on any atom is -0.426 e. The van der Waals surface area contributed by atoms with Crippen LogP contribution in [0.4, 0.5) is 13.2 Å². The van der Waals surface area contributed by atoms with Gasteiger partial charge >= 0.3 is 12.1 Å². The van der Waals surface area contributed by atoms with Crippen molar-refractivity contribution in [2.24, 2.45) is 5.92 Å². The molecule has 1 aliphatic rings. The van der Waals surface area contributed by atoms with Gasteiger partial charge in [0, 0.05) is 16.5 Å². The van der Waals surface area contributed by atoms with E-state index in [9.17, 15) is 23.1 Å². The zero-order valence-corrected chi connectivity index (χ0v) is 18.5. The van der Waals surface area contributed by atoms with E-state index in [0.717, 1.165) is 6.07 Å². The number of aliphatic hydroxyl groups is 1. The third-order valence-corrected chi connectivity index (χ3v) is 6.41. The third kappa shape index (κ3) is 4.09. The van der Waals surface area contributed by atoms with Gasteiger partial charge in [-0.1, -0.05) is 43.6 Å². The van der Waals surface area contributed by atoms with E-state index in [1.165, 1.54) is 43.6 Å². The molecule has 1 aromatic heterocycles. The number of carbonyl (C=O) groups excluding carboxylic acids is 1. The maximum absolute atomic E-state index is 14.4. The molecule has 33 heavy (non-hydrogen) atoms. The first-order valence-corrected chi connectivity index (χ1v) is 10.6. The zero-order valence-electron chi connectivity index (χ0n) is 17.7. The van der Waals surface area contributed by atoms with Gasteiger partial charge in [-0.25, -0.2) is 0 Å². The molecule has 3 atom stereocenters. The van der Waals surface area contributed by atoms with E-state index in [1.54, 1.807) is 19.1 Å². The number of halogens is 4. The first kappa shape index (κ1) is 23.2. The van der Waals surface area contributed by atoms with Gasteiger partial charge in [0.05, 0.1) is 18.3 Å². The highest BCUT2D eigenvalue weighted by molar-refractivity contribution is 6.31. The number of benzene rings is 2. The topological polar surface area (TPSA) is 72.3 Å². The maximum Gasteiger partial charge on any atom is 0.422 e. The van der Waals surface area contributed by atoms with Gasteiger partial charge in [0.25, 0.3) is 0 Å². The second kappa shape index (κ2) is 8.43. The number of nitrogens with zero attached hydrogens (tertiary/aromatic N) is 2. The summed E-state index contributed by atoms with van der Waals surface area (Å²) in [5, 5.41) is 18.7. The van der Waals surface area contributed by atoms with E-state index in [4.69, 9.17) is 16.3 Å². The second-order valence-electron chi connectivity index (χ2n) is 8.20. The number of carbonyl (C=O) groups is 1. The lowest BCUT2D eigenvalue weighted by atomic mass is 9.76. The Kier molecular flexibility index (Phi) is 5.92. The lowest BCUT2D eigenvalue weighted by Crippen LogP contribution is -2.46. The maximum atomic E-state index is 14.4. The summed E-state index contributed by atoms with van der Waals surface area (Å²) in [6.45, 7) is 2.92. The standard InChI is InChI=1S/C24H20ClF3N2O3/c1-13-9-17-10-18(4-6-21(17)33-22(13)31)23(32,24(26,27)28)14(2)19-5-3-15(11-20(19)25)16-7-8-29-30-12-16/h3-8,10-14,32H,9H2,1-2H3/t13-,14+,23+/m0/s1. The molecule has 0 fully saturated rings. The minimum absolute atomic E-state index is 0.0833. The fourth-order valence-corrected chi connectivity index (χ4v) is 4.45. The van der Waals surface area contributed by atoms with Crippen LogP contribution in [-0.4, -0.2) is 27.4 Å². The van der Waals surface area contributed by atoms with Crippen molar-refractivity contribution in [1.82, 2.24) is 10.2 Å². The van der Waals surface area contributed by atoms with Crippen molar-refractivity contribution >= 4 is 17.6 Å². The van der Waals surface area contributed by atoms with Crippen molar-refractivity contribution in [2.45, 2.75) is 38.0 Å². The van der Waals surface area contributed by atoms with Crippen LogP contribution in [0.25, 0.3) is 11.1 Å². The number of hydrogen-bond acceptors (Lipinski definition) is 5. The molecule has 4 rings (SSSR count). The van der Waals surface area contributed by atoms with Gasteiger partial charge in [0.2, 0.25) is 0 Å². The first-order valence-electron chi connectivity index (χ1n) is 10.2. The number of alkyl halides is 3. The molecule has 0 aliphatic carbocycles. The Morgan fingerprint density at radius 2 is 1.88 bits per heavy atom. The van der Waals surface area contributed by atoms with E-state index in [0.29, 0.717) is 16.7 Å². The Morgan fingerprint density at radius 1 is 1.12 bits per heavy atom. The number of rotatable bonds is 4. The number of hydrogen-bond donors (Lipinski definition) is 1. The molecule has 0 saturated carbocycles. The Hall–Kier alpha value is -2.97. The molecule has 0 radical (unpaired) electrons. The van der Waals surface area contributed by atoms with Crippen molar-refractivity contribution < 1.29 is 27.8 Å². The minimum atomic E-state index is -5.01. The monoisotopic (exact) mass is 476 g/mol. The van der Waals surface area contributed by atoms with Gasteiger partial charge in [-0.2, -0.15) is 23.4 Å². The summed E-state index contributed by atoms with van der Waals surface area (Å²) in [5.41, 5.74) is -1.64. The fourth-order valence-electron chi connectivity index (χ4n) is 4.10. The second-order valence-corrected chi connectivity index (χ2v) is 8.61. The van der Waals surface area contributed by atoms with Crippen LogP contribution in [0.3, 0.4) is 0 Å². The molecule has 2 heterocycles. The van der Waals surface area contributed by atoms with Gasteiger partial charge in [-0.3, -0.25) is 4.79 Å². The summed E-state index contributed by atoms with van der Waals surface area (Å²) in [5.74, 6) is -2.16. The first-order chi connectivity index (χ1) is 15.5. The predicted molar refractivity (Wildman–Crippen MR) is 116 cm³/mol. The van der Waals surface area contributed by atoms with Crippen LogP contribution >= 0.6 is 11.6 Å². The molecular formula is C24H20ClF3N2O3. The van der Waals surface area contributed by atoms with Crippen LogP contribution in [0.2, 0.25) is 5.02 Å². The van der Waals surface area contributed by atoms with Gasteiger partial charge in [-0.05, 0) is 52.9 Å². The van der Waals surface area contributed by atoms with Crippen LogP contribution in [-0.2, 0) is 16.8 Å². The van der Waals surface area contributed by atoms with Crippen LogP contribution in [0.5, 0.6) is 5.75 Å². The van der Waals surface area contributed by atoms with E-state index in [-0.39, 0.29) is 28.3 Å². The number of aromatic nitrogens is 2. The van der Waals surface area contributed by atoms with E-state index in [2.05, 4.69) is 10.2 Å². The molecule has 1 N–H and O–H groups in total. The molecule has 2 aromatic carbocycles. The largest absolute Gasteiger partial charge is 0.426 e. The summed E-state index contributed by atoms with van der Waals surface area (Å²) in [6, 6.07) is 10.0. The van der Waals surface area contributed by atoms with Crippen molar-refractivity contribution in [3.05, 3.63) is 76.6 Å². The molecule has 0 spiro atoms. The smallest absolute Gasteiger partial charge is 0.422 e. The van der Waals surface area contributed by atoms with E-state index < -0.39 is 29.6 Å². The molecule has 5 nitrogen and oxygen atoms in total. The highest BCUT2D eigenvalue weighted by atomic mass is 35.5. The van der Waals surface area contributed by atoms with Gasteiger partial charge < -0.3 is 9.84 Å². The van der Waals surface area contributed by atoms with Crippen molar-refractivity contribution in [1.29, 1.82) is 0 Å². The molecule has 3 aromatic rings. The summed E-state index contributed by atoms with van der Waals surface area (Å²) < 4.78 is 48.3. The van der Waals surface area contributed by atoms with Crippen LogP contribution in [0.15, 0.2) is 54.9 Å². The summed E-state index contributed by atoms with van der Waals surface area (Å²) >= 11 is 6.40. The fraction of sp³-hybridized carbons (Fsp3) is 0.292. The Balaban J connectivity index is 1.77. The Labute approximate surface area is 193 Å². The van der Waals surface area contributed by atoms with E-state index in [1.807, 2.05) is 0 Å². The molecule has 0 amide bonds. The molecule has 0 saturated heterocycles. The van der Waals surface area contributed by atoms with Crippen LogP contribution in [0, 0.1) is 5.92 Å². The van der Waals surface area contributed by atoms with Crippen molar-refractivity contribution in [3.8, 4) is 16.9 Å².